The first-order chi connectivity index (χ1) is 9.04. The minimum Gasteiger partial charge on any atom is -0.373 e. The molecule has 1 heterocycles. The molecule has 0 unspecified atom stereocenters. The van der Waals surface area contributed by atoms with Gasteiger partial charge in [-0.2, -0.15) is 0 Å². The van der Waals surface area contributed by atoms with Crippen LogP contribution in [0.2, 0.25) is 10.0 Å². The summed E-state index contributed by atoms with van der Waals surface area (Å²) in [7, 11) is 1.85. The molecule has 19 heavy (non-hydrogen) atoms. The van der Waals surface area contributed by atoms with Crippen molar-refractivity contribution in [2.45, 2.75) is 19.8 Å². The molecule has 0 fully saturated rings. The molecule has 3 nitrogen and oxygen atoms in total. The second-order valence-electron chi connectivity index (χ2n) is 4.52. The fourth-order valence-electron chi connectivity index (χ4n) is 2.02. The third-order valence-corrected chi connectivity index (χ3v) is 3.63. The Bertz CT molecular complexity index is 597. The summed E-state index contributed by atoms with van der Waals surface area (Å²) in [6.45, 7) is 4.22. The number of aromatic nitrogens is 2. The zero-order chi connectivity index (χ0) is 14.0. The van der Waals surface area contributed by atoms with E-state index in [2.05, 4.69) is 29.1 Å². The number of benzene rings is 1. The molecule has 0 radical (unpaired) electrons. The Kier molecular flexibility index (Phi) is 4.27. The highest BCUT2D eigenvalue weighted by atomic mass is 35.5. The van der Waals surface area contributed by atoms with Gasteiger partial charge in [-0.1, -0.05) is 43.1 Å². The van der Waals surface area contributed by atoms with Crippen LogP contribution in [-0.2, 0) is 0 Å². The van der Waals surface area contributed by atoms with Crippen molar-refractivity contribution in [1.29, 1.82) is 0 Å². The molecule has 5 heteroatoms. The average Bonchev–Trinajstić information content (AvgIpc) is 2.40. The third-order valence-electron chi connectivity index (χ3n) is 2.89. The van der Waals surface area contributed by atoms with E-state index in [0.29, 0.717) is 16.0 Å². The van der Waals surface area contributed by atoms with Crippen molar-refractivity contribution < 1.29 is 0 Å². The molecule has 1 aromatic heterocycles. The highest BCUT2D eigenvalue weighted by molar-refractivity contribution is 6.42. The summed E-state index contributed by atoms with van der Waals surface area (Å²) in [4.78, 5) is 8.66. The standard InChI is InChI=1S/C14H15Cl2N3/c1-8(2)12-13(18-7-19-14(12)17-3)9-4-5-10(15)11(16)6-9/h4-8H,1-3H3,(H,17,18,19). The summed E-state index contributed by atoms with van der Waals surface area (Å²) in [5.41, 5.74) is 2.90. The fourth-order valence-corrected chi connectivity index (χ4v) is 2.31. The van der Waals surface area contributed by atoms with Gasteiger partial charge in [-0.3, -0.25) is 0 Å². The van der Waals surface area contributed by atoms with E-state index in [0.717, 1.165) is 22.6 Å². The van der Waals surface area contributed by atoms with Crippen LogP contribution in [0.1, 0.15) is 25.3 Å². The highest BCUT2D eigenvalue weighted by Gasteiger charge is 2.16. The quantitative estimate of drug-likeness (QED) is 0.898. The van der Waals surface area contributed by atoms with Crippen molar-refractivity contribution in [2.24, 2.45) is 0 Å². The van der Waals surface area contributed by atoms with Crippen LogP contribution in [0.5, 0.6) is 0 Å². The Labute approximate surface area is 123 Å². The lowest BCUT2D eigenvalue weighted by Crippen LogP contribution is -2.04. The van der Waals surface area contributed by atoms with Gasteiger partial charge >= 0.3 is 0 Å². The molecule has 2 aromatic rings. The maximum absolute atomic E-state index is 6.08. The van der Waals surface area contributed by atoms with E-state index < -0.39 is 0 Å². The first-order valence-electron chi connectivity index (χ1n) is 6.02. The lowest BCUT2D eigenvalue weighted by Gasteiger charge is -2.16. The van der Waals surface area contributed by atoms with E-state index in [4.69, 9.17) is 23.2 Å². The largest absolute Gasteiger partial charge is 0.373 e. The van der Waals surface area contributed by atoms with Gasteiger partial charge < -0.3 is 5.32 Å². The molecule has 0 atom stereocenters. The molecule has 100 valence electrons. The zero-order valence-electron chi connectivity index (χ0n) is 11.0. The van der Waals surface area contributed by atoms with Crippen LogP contribution in [0.25, 0.3) is 11.3 Å². The Balaban J connectivity index is 2.64. The number of rotatable bonds is 3. The van der Waals surface area contributed by atoms with Gasteiger partial charge in [0.2, 0.25) is 0 Å². The van der Waals surface area contributed by atoms with Crippen LogP contribution in [0.3, 0.4) is 0 Å². The predicted molar refractivity (Wildman–Crippen MR) is 81.1 cm³/mol. The van der Waals surface area contributed by atoms with Crippen LogP contribution < -0.4 is 5.32 Å². The number of halogens is 2. The molecule has 0 bridgehead atoms. The van der Waals surface area contributed by atoms with E-state index >= 15 is 0 Å². The predicted octanol–water partition coefficient (Wildman–Crippen LogP) is 4.62. The maximum atomic E-state index is 6.08. The number of nitrogens with one attached hydrogen (secondary N) is 1. The lowest BCUT2D eigenvalue weighted by molar-refractivity contribution is 0.852. The topological polar surface area (TPSA) is 37.8 Å². The van der Waals surface area contributed by atoms with Gasteiger partial charge in [0.1, 0.15) is 12.1 Å². The van der Waals surface area contributed by atoms with Crippen LogP contribution in [0.4, 0.5) is 5.82 Å². The number of hydrogen-bond acceptors (Lipinski definition) is 3. The van der Waals surface area contributed by atoms with Gasteiger partial charge in [0.05, 0.1) is 15.7 Å². The lowest BCUT2D eigenvalue weighted by atomic mass is 9.97. The molecule has 2 rings (SSSR count). The average molecular weight is 296 g/mol. The van der Waals surface area contributed by atoms with Crippen LogP contribution in [-0.4, -0.2) is 17.0 Å². The molecule has 1 N–H and O–H groups in total. The molecule has 0 amide bonds. The summed E-state index contributed by atoms with van der Waals surface area (Å²) >= 11 is 12.0. The van der Waals surface area contributed by atoms with E-state index in [9.17, 15) is 0 Å². The fraction of sp³-hybridized carbons (Fsp3) is 0.286. The van der Waals surface area contributed by atoms with Gasteiger partial charge in [-0.25, -0.2) is 9.97 Å². The van der Waals surface area contributed by atoms with E-state index in [-0.39, 0.29) is 0 Å². The van der Waals surface area contributed by atoms with Crippen molar-refractivity contribution in [2.75, 3.05) is 12.4 Å². The molecule has 0 spiro atoms. The number of anilines is 1. The van der Waals surface area contributed by atoms with Gasteiger partial charge in [0.15, 0.2) is 0 Å². The van der Waals surface area contributed by atoms with Crippen molar-refractivity contribution in [3.63, 3.8) is 0 Å². The molecule has 0 saturated heterocycles. The van der Waals surface area contributed by atoms with Gasteiger partial charge in [-0.05, 0) is 18.1 Å². The van der Waals surface area contributed by atoms with Crippen molar-refractivity contribution in [3.05, 3.63) is 40.1 Å². The summed E-state index contributed by atoms with van der Waals surface area (Å²) in [6.07, 6.45) is 1.55. The molecule has 0 saturated carbocycles. The second kappa shape index (κ2) is 5.76. The van der Waals surface area contributed by atoms with Gasteiger partial charge in [0.25, 0.3) is 0 Å². The first kappa shape index (κ1) is 14.1. The second-order valence-corrected chi connectivity index (χ2v) is 5.33. The minimum atomic E-state index is 0.299. The summed E-state index contributed by atoms with van der Waals surface area (Å²) < 4.78 is 0. The van der Waals surface area contributed by atoms with Gasteiger partial charge in [0, 0.05) is 18.2 Å². The Morgan fingerprint density at radius 2 is 1.84 bits per heavy atom. The number of nitrogens with zero attached hydrogens (tertiary/aromatic N) is 2. The summed E-state index contributed by atoms with van der Waals surface area (Å²) in [5.74, 6) is 1.14. The monoisotopic (exact) mass is 295 g/mol. The van der Waals surface area contributed by atoms with Crippen molar-refractivity contribution in [1.82, 2.24) is 9.97 Å². The Morgan fingerprint density at radius 3 is 2.42 bits per heavy atom. The van der Waals surface area contributed by atoms with Crippen LogP contribution >= 0.6 is 23.2 Å². The van der Waals surface area contributed by atoms with Crippen LogP contribution in [0, 0.1) is 0 Å². The molecular weight excluding hydrogens is 281 g/mol. The highest BCUT2D eigenvalue weighted by Crippen LogP contribution is 2.34. The summed E-state index contributed by atoms with van der Waals surface area (Å²) in [5, 5.41) is 4.17. The summed E-state index contributed by atoms with van der Waals surface area (Å²) in [6, 6.07) is 5.53. The van der Waals surface area contributed by atoms with Crippen molar-refractivity contribution in [3.8, 4) is 11.3 Å². The third kappa shape index (κ3) is 2.82. The molecule has 0 aliphatic rings. The smallest absolute Gasteiger partial charge is 0.133 e. The molecule has 0 aliphatic carbocycles. The first-order valence-corrected chi connectivity index (χ1v) is 6.78. The normalized spacial score (nSPS) is 10.8. The van der Waals surface area contributed by atoms with Gasteiger partial charge in [-0.15, -0.1) is 0 Å². The SMILES string of the molecule is CNc1ncnc(-c2ccc(Cl)c(Cl)c2)c1C(C)C. The molecule has 1 aromatic carbocycles. The molecular formula is C14H15Cl2N3. The van der Waals surface area contributed by atoms with E-state index in [1.54, 1.807) is 12.4 Å². The van der Waals surface area contributed by atoms with Crippen molar-refractivity contribution >= 4 is 29.0 Å². The Morgan fingerprint density at radius 1 is 1.11 bits per heavy atom. The Hall–Kier alpha value is -1.32. The zero-order valence-corrected chi connectivity index (χ0v) is 12.5. The maximum Gasteiger partial charge on any atom is 0.133 e. The molecule has 0 aliphatic heterocycles. The minimum absolute atomic E-state index is 0.299. The van der Waals surface area contributed by atoms with E-state index in [1.807, 2.05) is 19.2 Å². The number of hydrogen-bond donors (Lipinski definition) is 1. The van der Waals surface area contributed by atoms with E-state index in [1.165, 1.54) is 0 Å². The van der Waals surface area contributed by atoms with Crippen LogP contribution in [0.15, 0.2) is 24.5 Å².